The number of rotatable bonds is 4. The Bertz CT molecular complexity index is 875. The number of hydrogen-bond donors (Lipinski definition) is 1. The summed E-state index contributed by atoms with van der Waals surface area (Å²) in [5.74, 6) is 0.974. The molecule has 1 aromatic carbocycles. The molecule has 1 N–H and O–H groups in total. The van der Waals surface area contributed by atoms with Crippen molar-refractivity contribution in [2.45, 2.75) is 30.3 Å². The van der Waals surface area contributed by atoms with Crippen molar-refractivity contribution in [2.75, 3.05) is 38.6 Å². The van der Waals surface area contributed by atoms with E-state index in [0.717, 1.165) is 30.9 Å². The number of hydrogen-bond acceptors (Lipinski definition) is 5. The van der Waals surface area contributed by atoms with Crippen LogP contribution >= 0.6 is 0 Å². The lowest BCUT2D eigenvalue weighted by Crippen LogP contribution is -2.72. The predicted molar refractivity (Wildman–Crippen MR) is 111 cm³/mol. The molecule has 1 aromatic heterocycles. The fourth-order valence-electron chi connectivity index (χ4n) is 5.87. The van der Waals surface area contributed by atoms with Gasteiger partial charge >= 0.3 is 0 Å². The van der Waals surface area contributed by atoms with Gasteiger partial charge in [-0.3, -0.25) is 14.7 Å². The second-order valence-corrected chi connectivity index (χ2v) is 8.65. The molecule has 5 nitrogen and oxygen atoms in total. The van der Waals surface area contributed by atoms with E-state index in [-0.39, 0.29) is 17.7 Å². The number of aromatic nitrogens is 1. The van der Waals surface area contributed by atoms with E-state index in [1.54, 1.807) is 0 Å². The molecule has 5 heterocycles. The average Bonchev–Trinajstić information content (AvgIpc) is 3.18. The molecule has 146 valence electrons. The number of carbonyl (C=O) groups is 1. The van der Waals surface area contributed by atoms with Gasteiger partial charge in [0.1, 0.15) is 5.54 Å². The highest BCUT2D eigenvalue weighted by Crippen LogP contribution is 2.51. The third kappa shape index (κ3) is 2.46. The minimum absolute atomic E-state index is 0.129. The quantitative estimate of drug-likeness (QED) is 0.831. The predicted octanol–water partition coefficient (Wildman–Crippen LogP) is 2.55. The summed E-state index contributed by atoms with van der Waals surface area (Å²) in [6, 6.07) is 12.5. The van der Waals surface area contributed by atoms with Crippen LogP contribution in [0.1, 0.15) is 34.7 Å². The highest BCUT2D eigenvalue weighted by molar-refractivity contribution is 6.06. The number of ketones is 1. The minimum atomic E-state index is -0.505. The van der Waals surface area contributed by atoms with Crippen LogP contribution < -0.4 is 10.2 Å². The van der Waals surface area contributed by atoms with Gasteiger partial charge in [-0.1, -0.05) is 18.2 Å². The zero-order chi connectivity index (χ0) is 19.3. The summed E-state index contributed by atoms with van der Waals surface area (Å²) in [6.45, 7) is 2.86. The van der Waals surface area contributed by atoms with Crippen molar-refractivity contribution in [1.82, 2.24) is 15.2 Å². The van der Waals surface area contributed by atoms with E-state index in [0.29, 0.717) is 5.92 Å². The standard InChI is InChI=1S/C23H28N4O/c1-26(2)19-7-3-5-17(13-19)22(28)23-20(18-6-4-10-24-14-18)15-25-21(23)16-8-11-27(23)12-9-16/h3-7,10,13-14,16,20-21,25H,8-9,11-12,15H2,1-2H3. The first-order valence-electron chi connectivity index (χ1n) is 10.3. The van der Waals surface area contributed by atoms with Crippen LogP contribution in [0, 0.1) is 5.92 Å². The molecular formula is C23H28N4O. The minimum Gasteiger partial charge on any atom is -0.378 e. The molecule has 2 bridgehead atoms. The maximum Gasteiger partial charge on any atom is 0.185 e. The highest BCUT2D eigenvalue weighted by Gasteiger charge is 2.64. The maximum absolute atomic E-state index is 14.2. The van der Waals surface area contributed by atoms with E-state index in [9.17, 15) is 4.79 Å². The molecule has 6 rings (SSSR count). The molecular weight excluding hydrogens is 348 g/mol. The molecule has 4 saturated heterocycles. The highest BCUT2D eigenvalue weighted by atomic mass is 16.1. The number of benzene rings is 1. The molecule has 2 aromatic rings. The number of carbonyl (C=O) groups excluding carboxylic acids is 1. The molecule has 0 spiro atoms. The van der Waals surface area contributed by atoms with Crippen LogP contribution in [0.25, 0.3) is 0 Å². The summed E-state index contributed by atoms with van der Waals surface area (Å²) < 4.78 is 0. The summed E-state index contributed by atoms with van der Waals surface area (Å²) in [4.78, 5) is 23.1. The fraction of sp³-hybridized carbons (Fsp3) is 0.478. The Morgan fingerprint density at radius 1 is 1.21 bits per heavy atom. The van der Waals surface area contributed by atoms with E-state index >= 15 is 0 Å². The van der Waals surface area contributed by atoms with Crippen molar-refractivity contribution >= 4 is 11.5 Å². The molecule has 0 amide bonds. The monoisotopic (exact) mass is 376 g/mol. The molecule has 0 aliphatic carbocycles. The third-order valence-electron chi connectivity index (χ3n) is 7.16. The number of pyridine rings is 1. The lowest BCUT2D eigenvalue weighted by molar-refractivity contribution is -0.0313. The second kappa shape index (κ2) is 6.68. The lowest BCUT2D eigenvalue weighted by atomic mass is 9.63. The molecule has 0 saturated carbocycles. The van der Waals surface area contributed by atoms with Crippen LogP contribution in [-0.4, -0.2) is 61.0 Å². The van der Waals surface area contributed by atoms with Crippen LogP contribution in [0.15, 0.2) is 48.8 Å². The van der Waals surface area contributed by atoms with Crippen LogP contribution in [0.5, 0.6) is 0 Å². The van der Waals surface area contributed by atoms with Crippen molar-refractivity contribution < 1.29 is 4.79 Å². The molecule has 4 aliphatic heterocycles. The van der Waals surface area contributed by atoms with E-state index in [1.807, 2.05) is 44.7 Å². The Labute approximate surface area is 166 Å². The van der Waals surface area contributed by atoms with Gasteiger partial charge < -0.3 is 10.2 Å². The van der Waals surface area contributed by atoms with Crippen LogP contribution in [0.3, 0.4) is 0 Å². The molecule has 3 unspecified atom stereocenters. The SMILES string of the molecule is CN(C)c1cccc(C(=O)C23C(c4cccnc4)CNC2C2CCN3CC2)c1. The van der Waals surface area contributed by atoms with Crippen molar-refractivity contribution in [1.29, 1.82) is 0 Å². The number of nitrogens with zero attached hydrogens (tertiary/aromatic N) is 3. The Balaban J connectivity index is 1.65. The number of anilines is 1. The number of fused-ring (bicyclic) bond motifs is 2. The van der Waals surface area contributed by atoms with Gasteiger partial charge in [0.15, 0.2) is 5.78 Å². The Morgan fingerprint density at radius 2 is 2.04 bits per heavy atom. The van der Waals surface area contributed by atoms with E-state index in [2.05, 4.69) is 38.3 Å². The smallest absolute Gasteiger partial charge is 0.185 e. The van der Waals surface area contributed by atoms with E-state index < -0.39 is 5.54 Å². The van der Waals surface area contributed by atoms with Gasteiger partial charge in [0.05, 0.1) is 0 Å². The van der Waals surface area contributed by atoms with Crippen LogP contribution in [0.2, 0.25) is 0 Å². The first-order valence-corrected chi connectivity index (χ1v) is 10.3. The molecule has 28 heavy (non-hydrogen) atoms. The normalized spacial score (nSPS) is 33.5. The summed E-state index contributed by atoms with van der Waals surface area (Å²) in [5, 5.41) is 3.77. The largest absolute Gasteiger partial charge is 0.378 e. The molecule has 0 radical (unpaired) electrons. The molecule has 5 heteroatoms. The van der Waals surface area contributed by atoms with Crippen LogP contribution in [-0.2, 0) is 0 Å². The Kier molecular flexibility index (Phi) is 4.25. The fourth-order valence-corrected chi connectivity index (χ4v) is 5.87. The summed E-state index contributed by atoms with van der Waals surface area (Å²) in [6.07, 6.45) is 6.13. The third-order valence-corrected chi connectivity index (χ3v) is 7.16. The van der Waals surface area contributed by atoms with Gasteiger partial charge in [0.2, 0.25) is 0 Å². The number of nitrogens with one attached hydrogen (secondary N) is 1. The first kappa shape index (κ1) is 17.8. The van der Waals surface area contributed by atoms with E-state index in [1.165, 1.54) is 18.4 Å². The van der Waals surface area contributed by atoms with Crippen LogP contribution in [0.4, 0.5) is 5.69 Å². The molecule has 4 fully saturated rings. The number of piperidine rings is 3. The number of Topliss-reactive ketones (excluding diaryl/α,β-unsaturated/α-hetero) is 1. The zero-order valence-electron chi connectivity index (χ0n) is 16.6. The van der Waals surface area contributed by atoms with Gasteiger partial charge in [0, 0.05) is 56.2 Å². The summed E-state index contributed by atoms with van der Waals surface area (Å²) in [7, 11) is 4.04. The molecule has 3 atom stereocenters. The van der Waals surface area contributed by atoms with Gasteiger partial charge in [-0.15, -0.1) is 0 Å². The van der Waals surface area contributed by atoms with Crippen molar-refractivity contribution in [3.8, 4) is 0 Å². The van der Waals surface area contributed by atoms with Gasteiger partial charge in [-0.05, 0) is 55.6 Å². The van der Waals surface area contributed by atoms with Crippen molar-refractivity contribution in [3.63, 3.8) is 0 Å². The topological polar surface area (TPSA) is 48.5 Å². The van der Waals surface area contributed by atoms with Crippen molar-refractivity contribution in [3.05, 3.63) is 59.9 Å². The van der Waals surface area contributed by atoms with Crippen molar-refractivity contribution in [2.24, 2.45) is 5.92 Å². The van der Waals surface area contributed by atoms with Gasteiger partial charge in [-0.2, -0.15) is 0 Å². The Morgan fingerprint density at radius 3 is 2.75 bits per heavy atom. The lowest BCUT2D eigenvalue weighted by Gasteiger charge is -2.57. The Hall–Kier alpha value is -2.24. The average molecular weight is 377 g/mol. The molecule has 4 aliphatic rings. The van der Waals surface area contributed by atoms with Gasteiger partial charge in [-0.25, -0.2) is 0 Å². The zero-order valence-corrected chi connectivity index (χ0v) is 16.6. The van der Waals surface area contributed by atoms with Gasteiger partial charge in [0.25, 0.3) is 0 Å². The maximum atomic E-state index is 14.2. The summed E-state index contributed by atoms with van der Waals surface area (Å²) >= 11 is 0. The first-order chi connectivity index (χ1) is 13.6. The second-order valence-electron chi connectivity index (χ2n) is 8.65. The summed E-state index contributed by atoms with van der Waals surface area (Å²) in [5.41, 5.74) is 2.55. The van der Waals surface area contributed by atoms with E-state index in [4.69, 9.17) is 0 Å².